The van der Waals surface area contributed by atoms with E-state index in [0.717, 1.165) is 12.8 Å². The average Bonchev–Trinajstić information content (AvgIpc) is 3.07. The molecule has 7 nitrogen and oxygen atoms in total. The Kier molecular flexibility index (Phi) is 4.99. The number of nitrogens with two attached hydrogens (primary N) is 1. The molecular formula is C17H19FN4O3. The van der Waals surface area contributed by atoms with Crippen molar-refractivity contribution in [2.75, 3.05) is 24.2 Å². The van der Waals surface area contributed by atoms with Crippen molar-refractivity contribution in [2.24, 2.45) is 0 Å². The lowest BCUT2D eigenvalue weighted by Gasteiger charge is -2.23. The molecule has 2 aromatic rings. The molecule has 1 saturated heterocycles. The van der Waals surface area contributed by atoms with Crippen molar-refractivity contribution in [3.8, 4) is 11.5 Å². The van der Waals surface area contributed by atoms with E-state index in [-0.39, 0.29) is 30.2 Å². The van der Waals surface area contributed by atoms with Crippen LogP contribution in [-0.2, 0) is 0 Å². The number of hydrogen-bond acceptors (Lipinski definition) is 5. The van der Waals surface area contributed by atoms with E-state index >= 15 is 0 Å². The van der Waals surface area contributed by atoms with Gasteiger partial charge in [-0.1, -0.05) is 0 Å². The van der Waals surface area contributed by atoms with Gasteiger partial charge in [-0.15, -0.1) is 0 Å². The predicted octanol–water partition coefficient (Wildman–Crippen LogP) is 2.58. The zero-order valence-corrected chi connectivity index (χ0v) is 13.5. The number of amides is 2. The SMILES string of the molecule is Nc1ccc(Oc2ccnc(NC(=O)N3CCCC3CO)c2)c(F)c1. The summed E-state index contributed by atoms with van der Waals surface area (Å²) in [5, 5.41) is 12.0. The molecule has 0 aliphatic carbocycles. The molecule has 1 aromatic heterocycles. The first kappa shape index (κ1) is 17.0. The molecule has 8 heteroatoms. The molecule has 132 valence electrons. The first-order valence-electron chi connectivity index (χ1n) is 7.94. The molecule has 1 aliphatic heterocycles. The number of aliphatic hydroxyl groups is 1. The normalized spacial score (nSPS) is 16.7. The van der Waals surface area contributed by atoms with Gasteiger partial charge in [0.25, 0.3) is 0 Å². The van der Waals surface area contributed by atoms with Crippen LogP contribution in [0.15, 0.2) is 36.5 Å². The number of nitrogens with zero attached hydrogens (tertiary/aromatic N) is 2. The van der Waals surface area contributed by atoms with Gasteiger partial charge in [0, 0.05) is 30.6 Å². The van der Waals surface area contributed by atoms with Crippen molar-refractivity contribution in [3.05, 3.63) is 42.3 Å². The van der Waals surface area contributed by atoms with Gasteiger partial charge < -0.3 is 20.5 Å². The molecule has 2 heterocycles. The average molecular weight is 346 g/mol. The van der Waals surface area contributed by atoms with Crippen LogP contribution in [0.25, 0.3) is 0 Å². The fraction of sp³-hybridized carbons (Fsp3) is 0.294. The summed E-state index contributed by atoms with van der Waals surface area (Å²) >= 11 is 0. The second-order valence-electron chi connectivity index (χ2n) is 5.77. The fourth-order valence-corrected chi connectivity index (χ4v) is 2.74. The Morgan fingerprint density at radius 3 is 3.04 bits per heavy atom. The maximum absolute atomic E-state index is 13.8. The highest BCUT2D eigenvalue weighted by molar-refractivity contribution is 5.88. The smallest absolute Gasteiger partial charge is 0.323 e. The molecule has 25 heavy (non-hydrogen) atoms. The maximum Gasteiger partial charge on any atom is 0.323 e. The summed E-state index contributed by atoms with van der Waals surface area (Å²) in [6.07, 6.45) is 3.08. The van der Waals surface area contributed by atoms with Gasteiger partial charge in [-0.05, 0) is 31.0 Å². The zero-order chi connectivity index (χ0) is 17.8. The van der Waals surface area contributed by atoms with E-state index in [4.69, 9.17) is 10.5 Å². The minimum absolute atomic E-state index is 0.0255. The fourth-order valence-electron chi connectivity index (χ4n) is 2.74. The molecule has 1 aromatic carbocycles. The number of nitrogen functional groups attached to an aromatic ring is 1. The Morgan fingerprint density at radius 2 is 2.28 bits per heavy atom. The number of likely N-dealkylation sites (tertiary alicyclic amines) is 1. The second-order valence-corrected chi connectivity index (χ2v) is 5.77. The summed E-state index contributed by atoms with van der Waals surface area (Å²) in [7, 11) is 0. The predicted molar refractivity (Wildman–Crippen MR) is 91.0 cm³/mol. The Hall–Kier alpha value is -2.87. The Morgan fingerprint density at radius 1 is 1.44 bits per heavy atom. The Bertz CT molecular complexity index is 771. The number of pyridine rings is 1. The third-order valence-corrected chi connectivity index (χ3v) is 4.00. The van der Waals surface area contributed by atoms with Crippen molar-refractivity contribution in [2.45, 2.75) is 18.9 Å². The number of ether oxygens (including phenoxy) is 1. The van der Waals surface area contributed by atoms with Crippen LogP contribution < -0.4 is 15.8 Å². The molecule has 0 saturated carbocycles. The van der Waals surface area contributed by atoms with Crippen LogP contribution in [0.2, 0.25) is 0 Å². The molecule has 0 radical (unpaired) electrons. The number of nitrogens with one attached hydrogen (secondary N) is 1. The van der Waals surface area contributed by atoms with Crippen molar-refractivity contribution < 1.29 is 19.0 Å². The highest BCUT2D eigenvalue weighted by atomic mass is 19.1. The lowest BCUT2D eigenvalue weighted by molar-refractivity contribution is 0.166. The molecule has 0 bridgehead atoms. The highest BCUT2D eigenvalue weighted by Crippen LogP contribution is 2.27. The summed E-state index contributed by atoms with van der Waals surface area (Å²) in [4.78, 5) is 17.9. The van der Waals surface area contributed by atoms with Gasteiger partial charge >= 0.3 is 6.03 Å². The minimum Gasteiger partial charge on any atom is -0.454 e. The van der Waals surface area contributed by atoms with Crippen molar-refractivity contribution in [3.63, 3.8) is 0 Å². The van der Waals surface area contributed by atoms with Crippen molar-refractivity contribution in [1.82, 2.24) is 9.88 Å². The van der Waals surface area contributed by atoms with Crippen LogP contribution in [0.4, 0.5) is 20.7 Å². The number of carbonyl (C=O) groups is 1. The number of aliphatic hydroxyl groups excluding tert-OH is 1. The lowest BCUT2D eigenvalue weighted by Crippen LogP contribution is -2.40. The van der Waals surface area contributed by atoms with Gasteiger partial charge in [-0.25, -0.2) is 14.2 Å². The van der Waals surface area contributed by atoms with Crippen LogP contribution in [0, 0.1) is 5.82 Å². The van der Waals surface area contributed by atoms with Gasteiger partial charge in [0.1, 0.15) is 11.6 Å². The van der Waals surface area contributed by atoms with Gasteiger partial charge in [-0.3, -0.25) is 5.32 Å². The third kappa shape index (κ3) is 3.97. The molecule has 1 unspecified atom stereocenters. The largest absolute Gasteiger partial charge is 0.454 e. The molecule has 4 N–H and O–H groups in total. The summed E-state index contributed by atoms with van der Waals surface area (Å²) < 4.78 is 19.3. The van der Waals surface area contributed by atoms with E-state index in [1.165, 1.54) is 30.5 Å². The van der Waals surface area contributed by atoms with Gasteiger partial charge in [-0.2, -0.15) is 0 Å². The molecule has 3 rings (SSSR count). The number of aromatic nitrogens is 1. The second kappa shape index (κ2) is 7.35. The quantitative estimate of drug-likeness (QED) is 0.739. The molecule has 1 fully saturated rings. The number of carbonyl (C=O) groups excluding carboxylic acids is 1. The van der Waals surface area contributed by atoms with E-state index in [1.807, 2.05) is 0 Å². The van der Waals surface area contributed by atoms with Crippen molar-refractivity contribution in [1.29, 1.82) is 0 Å². The van der Waals surface area contributed by atoms with Crippen LogP contribution in [0.3, 0.4) is 0 Å². The molecular weight excluding hydrogens is 327 g/mol. The zero-order valence-electron chi connectivity index (χ0n) is 13.5. The van der Waals surface area contributed by atoms with E-state index in [2.05, 4.69) is 10.3 Å². The van der Waals surface area contributed by atoms with Crippen LogP contribution in [-0.4, -0.2) is 40.2 Å². The van der Waals surface area contributed by atoms with E-state index in [0.29, 0.717) is 18.0 Å². The summed E-state index contributed by atoms with van der Waals surface area (Å²) in [6, 6.07) is 6.67. The number of hydrogen-bond donors (Lipinski definition) is 3. The van der Waals surface area contributed by atoms with E-state index in [9.17, 15) is 14.3 Å². The molecule has 1 atom stereocenters. The number of halogens is 1. The monoisotopic (exact) mass is 346 g/mol. The third-order valence-electron chi connectivity index (χ3n) is 4.00. The van der Waals surface area contributed by atoms with Crippen LogP contribution in [0.1, 0.15) is 12.8 Å². The first-order chi connectivity index (χ1) is 12.1. The van der Waals surface area contributed by atoms with E-state index < -0.39 is 5.82 Å². The molecule has 2 amide bonds. The standard InChI is InChI=1S/C17H19FN4O3/c18-14-8-11(19)3-4-15(14)25-13-5-6-20-16(9-13)21-17(24)22-7-1-2-12(22)10-23/h3-6,8-9,12,23H,1-2,7,10,19H2,(H,20,21,24). The lowest BCUT2D eigenvalue weighted by atomic mass is 10.2. The number of rotatable bonds is 4. The van der Waals surface area contributed by atoms with E-state index in [1.54, 1.807) is 11.0 Å². The van der Waals surface area contributed by atoms with Crippen LogP contribution >= 0.6 is 0 Å². The summed E-state index contributed by atoms with van der Waals surface area (Å²) in [6.45, 7) is 0.518. The summed E-state index contributed by atoms with van der Waals surface area (Å²) in [5.74, 6) is 0.0545. The van der Waals surface area contributed by atoms with Gasteiger partial charge in [0.15, 0.2) is 11.6 Å². The number of anilines is 2. The van der Waals surface area contributed by atoms with Crippen molar-refractivity contribution >= 4 is 17.5 Å². The minimum atomic E-state index is -0.578. The van der Waals surface area contributed by atoms with Gasteiger partial charge in [0.2, 0.25) is 0 Å². The maximum atomic E-state index is 13.8. The molecule has 1 aliphatic rings. The topological polar surface area (TPSA) is 101 Å². The first-order valence-corrected chi connectivity index (χ1v) is 7.94. The van der Waals surface area contributed by atoms with Gasteiger partial charge in [0.05, 0.1) is 12.6 Å². The highest BCUT2D eigenvalue weighted by Gasteiger charge is 2.28. The molecule has 0 spiro atoms. The number of urea groups is 1. The number of benzene rings is 1. The Labute approximate surface area is 144 Å². The summed E-state index contributed by atoms with van der Waals surface area (Å²) in [5.41, 5.74) is 5.81. The van der Waals surface area contributed by atoms with Crippen LogP contribution in [0.5, 0.6) is 11.5 Å². The Balaban J connectivity index is 1.70.